The molecule has 0 aliphatic carbocycles. The monoisotopic (exact) mass is 329 g/mol. The van der Waals surface area contributed by atoms with Crippen molar-refractivity contribution >= 4 is 29.5 Å². The van der Waals surface area contributed by atoms with Crippen molar-refractivity contribution in [2.24, 2.45) is 10.8 Å². The van der Waals surface area contributed by atoms with E-state index in [1.807, 2.05) is 0 Å². The maximum atomic E-state index is 11.6. The van der Waals surface area contributed by atoms with E-state index in [0.29, 0.717) is 22.3 Å². The summed E-state index contributed by atoms with van der Waals surface area (Å²) in [7, 11) is 1.32. The molecule has 2 aromatic carbocycles. The fourth-order valence-corrected chi connectivity index (χ4v) is 2.05. The number of phenolic OH excluding ortho intramolecular Hbond substituents is 1. The zero-order valence-electron chi connectivity index (χ0n) is 12.3. The average molecular weight is 329 g/mol. The highest BCUT2D eigenvalue weighted by atomic mass is 32.1. The number of carbonyl (C=O) groups is 1. The van der Waals surface area contributed by atoms with Gasteiger partial charge >= 0.3 is 5.97 Å². The Morgan fingerprint density at radius 3 is 2.78 bits per heavy atom. The Morgan fingerprint density at radius 2 is 2.09 bits per heavy atom. The van der Waals surface area contributed by atoms with Gasteiger partial charge in [-0.25, -0.2) is 4.79 Å². The van der Waals surface area contributed by atoms with E-state index < -0.39 is 5.97 Å². The van der Waals surface area contributed by atoms with Gasteiger partial charge in [-0.2, -0.15) is 5.10 Å². The van der Waals surface area contributed by atoms with Crippen LogP contribution in [0.2, 0.25) is 0 Å². The molecule has 0 saturated heterocycles. The van der Waals surface area contributed by atoms with Gasteiger partial charge < -0.3 is 15.6 Å². The highest BCUT2D eigenvalue weighted by Crippen LogP contribution is 2.31. The fraction of sp³-hybridized carbons (Fsp3) is 0.0625. The number of phenols is 1. The first-order chi connectivity index (χ1) is 11.0. The van der Waals surface area contributed by atoms with Crippen LogP contribution in [0.3, 0.4) is 0 Å². The molecule has 7 heteroatoms. The summed E-state index contributed by atoms with van der Waals surface area (Å²) in [6, 6.07) is 12.0. The average Bonchev–Trinajstić information content (AvgIpc) is 2.55. The number of hydrogen-bond donors (Lipinski definition) is 3. The number of aromatic hydroxyl groups is 1. The van der Waals surface area contributed by atoms with Gasteiger partial charge in [0, 0.05) is 11.1 Å². The lowest BCUT2D eigenvalue weighted by molar-refractivity contribution is 0.0601. The smallest absolute Gasteiger partial charge is 0.337 e. The topological polar surface area (TPSA) is 96.9 Å². The summed E-state index contributed by atoms with van der Waals surface area (Å²) in [5, 5.41) is 14.2. The van der Waals surface area contributed by atoms with Gasteiger partial charge in [-0.1, -0.05) is 24.3 Å². The molecule has 0 saturated carbocycles. The quantitative estimate of drug-likeness (QED) is 0.344. The SMILES string of the molecule is COC(=O)c1cccc(-c2cccc(C=NNC(N)=S)c2O)c1. The highest BCUT2D eigenvalue weighted by molar-refractivity contribution is 7.80. The van der Waals surface area contributed by atoms with Crippen LogP contribution < -0.4 is 11.2 Å². The normalized spacial score (nSPS) is 10.5. The lowest BCUT2D eigenvalue weighted by Gasteiger charge is -2.08. The van der Waals surface area contributed by atoms with E-state index in [-0.39, 0.29) is 10.9 Å². The van der Waals surface area contributed by atoms with Gasteiger partial charge in [-0.05, 0) is 36.0 Å². The number of carbonyl (C=O) groups excluding carboxylic acids is 1. The van der Waals surface area contributed by atoms with Crippen molar-refractivity contribution < 1.29 is 14.6 Å². The molecule has 0 aliphatic heterocycles. The van der Waals surface area contributed by atoms with Crippen LogP contribution >= 0.6 is 12.2 Å². The summed E-state index contributed by atoms with van der Waals surface area (Å²) in [6.07, 6.45) is 1.40. The molecular formula is C16H15N3O3S. The predicted molar refractivity (Wildman–Crippen MR) is 92.4 cm³/mol. The zero-order chi connectivity index (χ0) is 16.8. The van der Waals surface area contributed by atoms with E-state index in [1.54, 1.807) is 42.5 Å². The standard InChI is InChI=1S/C16H15N3O3S/c1-22-15(21)11-5-2-4-10(8-11)13-7-3-6-12(14(13)20)9-18-19-16(17)23/h2-9,20H,1H3,(H3,17,19,23). The summed E-state index contributed by atoms with van der Waals surface area (Å²) >= 11 is 4.64. The molecule has 4 N–H and O–H groups in total. The molecule has 118 valence electrons. The van der Waals surface area contributed by atoms with Gasteiger partial charge in [0.2, 0.25) is 0 Å². The van der Waals surface area contributed by atoms with Crippen LogP contribution in [-0.4, -0.2) is 29.5 Å². The number of benzene rings is 2. The zero-order valence-corrected chi connectivity index (χ0v) is 13.1. The van der Waals surface area contributed by atoms with E-state index in [1.165, 1.54) is 13.3 Å². The highest BCUT2D eigenvalue weighted by Gasteiger charge is 2.11. The van der Waals surface area contributed by atoms with Crippen LogP contribution in [0.25, 0.3) is 11.1 Å². The second-order valence-corrected chi connectivity index (χ2v) is 4.99. The van der Waals surface area contributed by atoms with Crippen molar-refractivity contribution in [2.45, 2.75) is 0 Å². The number of para-hydroxylation sites is 1. The fourth-order valence-electron chi connectivity index (χ4n) is 2.00. The first-order valence-electron chi connectivity index (χ1n) is 6.62. The number of methoxy groups -OCH3 is 1. The molecule has 2 rings (SSSR count). The predicted octanol–water partition coefficient (Wildman–Crippen LogP) is 2.01. The summed E-state index contributed by atoms with van der Waals surface area (Å²) < 4.78 is 4.70. The number of hydrazone groups is 1. The second-order valence-electron chi connectivity index (χ2n) is 4.55. The van der Waals surface area contributed by atoms with E-state index in [2.05, 4.69) is 22.7 Å². The second kappa shape index (κ2) is 7.37. The number of nitrogens with zero attached hydrogens (tertiary/aromatic N) is 1. The third-order valence-electron chi connectivity index (χ3n) is 3.04. The van der Waals surface area contributed by atoms with Crippen LogP contribution in [0.15, 0.2) is 47.6 Å². The van der Waals surface area contributed by atoms with Crippen LogP contribution in [0.5, 0.6) is 5.75 Å². The third-order valence-corrected chi connectivity index (χ3v) is 3.13. The number of ether oxygens (including phenoxy) is 1. The molecule has 0 radical (unpaired) electrons. The first-order valence-corrected chi connectivity index (χ1v) is 7.03. The van der Waals surface area contributed by atoms with Crippen LogP contribution in [-0.2, 0) is 4.74 Å². The van der Waals surface area contributed by atoms with Gasteiger partial charge in [-0.3, -0.25) is 5.43 Å². The molecule has 0 atom stereocenters. The molecule has 0 spiro atoms. The van der Waals surface area contributed by atoms with Crippen LogP contribution in [0, 0.1) is 0 Å². The summed E-state index contributed by atoms with van der Waals surface area (Å²) in [6.45, 7) is 0. The maximum Gasteiger partial charge on any atom is 0.337 e. The molecule has 0 aliphatic rings. The number of nitrogens with two attached hydrogens (primary N) is 1. The van der Waals surface area contributed by atoms with Crippen molar-refractivity contribution in [3.05, 3.63) is 53.6 Å². The van der Waals surface area contributed by atoms with Crippen LogP contribution in [0.1, 0.15) is 15.9 Å². The minimum absolute atomic E-state index is 0.0303. The van der Waals surface area contributed by atoms with Crippen molar-refractivity contribution in [1.82, 2.24) is 5.43 Å². The molecule has 23 heavy (non-hydrogen) atoms. The molecule has 2 aromatic rings. The van der Waals surface area contributed by atoms with Gasteiger partial charge in [-0.15, -0.1) is 0 Å². The van der Waals surface area contributed by atoms with E-state index in [0.717, 1.165) is 0 Å². The molecule has 0 bridgehead atoms. The number of esters is 1. The maximum absolute atomic E-state index is 11.6. The van der Waals surface area contributed by atoms with E-state index >= 15 is 0 Å². The molecule has 6 nitrogen and oxygen atoms in total. The third kappa shape index (κ3) is 4.04. The van der Waals surface area contributed by atoms with E-state index in [9.17, 15) is 9.90 Å². The molecule has 0 fully saturated rings. The molecule has 0 amide bonds. The lowest BCUT2D eigenvalue weighted by atomic mass is 10.00. The minimum atomic E-state index is -0.440. The summed E-state index contributed by atoms with van der Waals surface area (Å²) in [5.74, 6) is -0.410. The Morgan fingerprint density at radius 1 is 1.35 bits per heavy atom. The number of hydrogen-bond acceptors (Lipinski definition) is 5. The first kappa shape index (κ1) is 16.4. The van der Waals surface area contributed by atoms with Gasteiger partial charge in [0.15, 0.2) is 5.11 Å². The van der Waals surface area contributed by atoms with Gasteiger partial charge in [0.25, 0.3) is 0 Å². The van der Waals surface area contributed by atoms with E-state index in [4.69, 9.17) is 10.5 Å². The Hall–Kier alpha value is -2.93. The Kier molecular flexibility index (Phi) is 5.27. The van der Waals surface area contributed by atoms with Gasteiger partial charge in [0.1, 0.15) is 5.75 Å². The summed E-state index contributed by atoms with van der Waals surface area (Å²) in [4.78, 5) is 11.6. The number of nitrogens with one attached hydrogen (secondary N) is 1. The Bertz CT molecular complexity index is 775. The largest absolute Gasteiger partial charge is 0.507 e. The molecule has 0 unspecified atom stereocenters. The van der Waals surface area contributed by atoms with Crippen molar-refractivity contribution in [1.29, 1.82) is 0 Å². The van der Waals surface area contributed by atoms with Gasteiger partial charge in [0.05, 0.1) is 18.9 Å². The minimum Gasteiger partial charge on any atom is -0.507 e. The van der Waals surface area contributed by atoms with Crippen molar-refractivity contribution in [3.63, 3.8) is 0 Å². The molecule has 0 aromatic heterocycles. The lowest BCUT2D eigenvalue weighted by Crippen LogP contribution is -2.23. The van der Waals surface area contributed by atoms with Crippen LogP contribution in [0.4, 0.5) is 0 Å². The number of rotatable bonds is 4. The molecule has 0 heterocycles. The number of thiocarbonyl (C=S) groups is 1. The Balaban J connectivity index is 2.39. The van der Waals surface area contributed by atoms with Crippen molar-refractivity contribution in [2.75, 3.05) is 7.11 Å². The Labute approximate surface area is 138 Å². The van der Waals surface area contributed by atoms with Crippen molar-refractivity contribution in [3.8, 4) is 16.9 Å². The summed E-state index contributed by atoms with van der Waals surface area (Å²) in [5.41, 5.74) is 9.82. The molecular weight excluding hydrogens is 314 g/mol.